The summed E-state index contributed by atoms with van der Waals surface area (Å²) >= 11 is 0. The van der Waals surface area contributed by atoms with Crippen LogP contribution in [0.4, 0.5) is 0 Å². The smallest absolute Gasteiger partial charge is 0.0789 e. The van der Waals surface area contributed by atoms with Gasteiger partial charge in [0.1, 0.15) is 0 Å². The van der Waals surface area contributed by atoms with E-state index < -0.39 is 0 Å². The monoisotopic (exact) mass is 280 g/mol. The molecule has 0 radical (unpaired) electrons. The number of ether oxygens (including phenoxy) is 1. The van der Waals surface area contributed by atoms with Crippen molar-refractivity contribution in [3.05, 3.63) is 0 Å². The van der Waals surface area contributed by atoms with Crippen molar-refractivity contribution in [1.82, 2.24) is 10.2 Å². The predicted molar refractivity (Wildman–Crippen MR) is 83.0 cm³/mol. The molecule has 0 aromatic heterocycles. The fourth-order valence-electron chi connectivity index (χ4n) is 4.87. The Kier molecular flexibility index (Phi) is 3.89. The van der Waals surface area contributed by atoms with Gasteiger partial charge in [0.15, 0.2) is 0 Å². The van der Waals surface area contributed by atoms with Gasteiger partial charge in [-0.3, -0.25) is 4.90 Å². The SMILES string of the molecule is CC1(C)CC(N2CCCC(C3CCCN3)C2)C(C)(C)O1. The number of nitrogens with one attached hydrogen (secondary N) is 1. The van der Waals surface area contributed by atoms with Crippen LogP contribution in [0.3, 0.4) is 0 Å². The molecule has 3 atom stereocenters. The standard InChI is InChI=1S/C17H32N2O/c1-16(2)11-15(17(3,4)20-16)19-10-6-7-13(12-19)14-8-5-9-18-14/h13-15,18H,5-12H2,1-4H3. The number of nitrogens with zero attached hydrogens (tertiary/aromatic N) is 1. The lowest BCUT2D eigenvalue weighted by Gasteiger charge is -2.42. The molecule has 0 amide bonds. The Morgan fingerprint density at radius 1 is 1.10 bits per heavy atom. The zero-order valence-electron chi connectivity index (χ0n) is 13.7. The fraction of sp³-hybridized carbons (Fsp3) is 1.00. The highest BCUT2D eigenvalue weighted by Gasteiger charge is 2.49. The minimum Gasteiger partial charge on any atom is -0.368 e. The van der Waals surface area contributed by atoms with Crippen LogP contribution in [0.1, 0.15) is 59.8 Å². The van der Waals surface area contributed by atoms with Crippen LogP contribution in [0, 0.1) is 5.92 Å². The number of rotatable bonds is 2. The average molecular weight is 280 g/mol. The summed E-state index contributed by atoms with van der Waals surface area (Å²) < 4.78 is 6.31. The van der Waals surface area contributed by atoms with Crippen molar-refractivity contribution >= 4 is 0 Å². The van der Waals surface area contributed by atoms with Crippen LogP contribution in [0.5, 0.6) is 0 Å². The van der Waals surface area contributed by atoms with Gasteiger partial charge in [-0.25, -0.2) is 0 Å². The van der Waals surface area contributed by atoms with Gasteiger partial charge in [0.05, 0.1) is 11.2 Å². The predicted octanol–water partition coefficient (Wildman–Crippen LogP) is 2.80. The summed E-state index contributed by atoms with van der Waals surface area (Å²) in [4.78, 5) is 2.74. The van der Waals surface area contributed by atoms with E-state index in [0.717, 1.165) is 12.0 Å². The molecule has 0 aromatic rings. The second-order valence-electron chi connectivity index (χ2n) is 8.29. The highest BCUT2D eigenvalue weighted by molar-refractivity contribution is 5.01. The van der Waals surface area contributed by atoms with Gasteiger partial charge in [0.2, 0.25) is 0 Å². The normalized spacial score (nSPS) is 41.1. The van der Waals surface area contributed by atoms with E-state index in [9.17, 15) is 0 Å². The molecule has 3 saturated heterocycles. The van der Waals surface area contributed by atoms with E-state index in [-0.39, 0.29) is 11.2 Å². The van der Waals surface area contributed by atoms with Crippen molar-refractivity contribution in [2.24, 2.45) is 5.92 Å². The largest absolute Gasteiger partial charge is 0.368 e. The van der Waals surface area contributed by atoms with Gasteiger partial charge in [0, 0.05) is 18.6 Å². The first-order valence-electron chi connectivity index (χ1n) is 8.55. The van der Waals surface area contributed by atoms with Crippen LogP contribution in [-0.2, 0) is 4.74 Å². The highest BCUT2D eigenvalue weighted by Crippen LogP contribution is 2.41. The topological polar surface area (TPSA) is 24.5 Å². The molecule has 3 heterocycles. The van der Waals surface area contributed by atoms with E-state index in [1.165, 1.54) is 51.7 Å². The Morgan fingerprint density at radius 3 is 2.50 bits per heavy atom. The molecule has 3 nitrogen and oxygen atoms in total. The molecule has 3 heteroatoms. The maximum Gasteiger partial charge on any atom is 0.0789 e. The van der Waals surface area contributed by atoms with E-state index in [1.54, 1.807) is 0 Å². The molecule has 20 heavy (non-hydrogen) atoms. The third-order valence-electron chi connectivity index (χ3n) is 5.62. The van der Waals surface area contributed by atoms with Gasteiger partial charge in [-0.15, -0.1) is 0 Å². The van der Waals surface area contributed by atoms with Crippen LogP contribution in [0.15, 0.2) is 0 Å². The molecule has 3 aliphatic rings. The molecule has 3 fully saturated rings. The van der Waals surface area contributed by atoms with Gasteiger partial charge in [-0.05, 0) is 78.8 Å². The first-order valence-corrected chi connectivity index (χ1v) is 8.55. The van der Waals surface area contributed by atoms with E-state index in [2.05, 4.69) is 37.9 Å². The summed E-state index contributed by atoms with van der Waals surface area (Å²) in [6, 6.07) is 1.36. The Hall–Kier alpha value is -0.120. The number of hydrogen-bond donors (Lipinski definition) is 1. The van der Waals surface area contributed by atoms with Gasteiger partial charge < -0.3 is 10.1 Å². The Bertz CT molecular complexity index is 347. The molecular weight excluding hydrogens is 248 g/mol. The third-order valence-corrected chi connectivity index (χ3v) is 5.62. The fourth-order valence-corrected chi connectivity index (χ4v) is 4.87. The lowest BCUT2D eigenvalue weighted by atomic mass is 9.86. The average Bonchev–Trinajstić information content (AvgIpc) is 2.95. The van der Waals surface area contributed by atoms with Crippen molar-refractivity contribution in [3.8, 4) is 0 Å². The Morgan fingerprint density at radius 2 is 1.90 bits per heavy atom. The molecule has 0 aromatic carbocycles. The maximum atomic E-state index is 6.31. The van der Waals surface area contributed by atoms with E-state index >= 15 is 0 Å². The Labute approximate surface area is 124 Å². The third kappa shape index (κ3) is 2.90. The summed E-state index contributed by atoms with van der Waals surface area (Å²) in [5.74, 6) is 0.853. The zero-order valence-corrected chi connectivity index (χ0v) is 13.7. The summed E-state index contributed by atoms with van der Waals surface area (Å²) in [6.45, 7) is 12.8. The van der Waals surface area contributed by atoms with Crippen molar-refractivity contribution < 1.29 is 4.74 Å². The lowest BCUT2D eigenvalue weighted by Crippen LogP contribution is -2.52. The number of piperidine rings is 1. The van der Waals surface area contributed by atoms with Gasteiger partial charge in [-0.1, -0.05) is 0 Å². The van der Waals surface area contributed by atoms with Gasteiger partial charge >= 0.3 is 0 Å². The molecule has 3 aliphatic heterocycles. The molecule has 3 unspecified atom stereocenters. The maximum absolute atomic E-state index is 6.31. The second-order valence-corrected chi connectivity index (χ2v) is 8.29. The van der Waals surface area contributed by atoms with E-state index in [4.69, 9.17) is 4.74 Å². The van der Waals surface area contributed by atoms with Crippen LogP contribution in [0.25, 0.3) is 0 Å². The quantitative estimate of drug-likeness (QED) is 0.842. The highest BCUT2D eigenvalue weighted by atomic mass is 16.5. The minimum atomic E-state index is -0.00546. The van der Waals surface area contributed by atoms with E-state index in [1.807, 2.05) is 0 Å². The first kappa shape index (κ1) is 14.8. The van der Waals surface area contributed by atoms with Crippen molar-refractivity contribution in [3.63, 3.8) is 0 Å². The number of hydrogen-bond acceptors (Lipinski definition) is 3. The summed E-state index contributed by atoms with van der Waals surface area (Å²) in [6.07, 6.45) is 6.69. The molecule has 0 saturated carbocycles. The van der Waals surface area contributed by atoms with Crippen molar-refractivity contribution in [1.29, 1.82) is 0 Å². The minimum absolute atomic E-state index is 0.00546. The summed E-state index contributed by atoms with van der Waals surface area (Å²) in [7, 11) is 0. The molecule has 0 bridgehead atoms. The molecular formula is C17H32N2O. The summed E-state index contributed by atoms with van der Waals surface area (Å²) in [5.41, 5.74) is 0.0290. The molecule has 0 spiro atoms. The van der Waals surface area contributed by atoms with Gasteiger partial charge in [-0.2, -0.15) is 0 Å². The van der Waals surface area contributed by atoms with E-state index in [0.29, 0.717) is 6.04 Å². The summed E-state index contributed by atoms with van der Waals surface area (Å²) in [5, 5.41) is 3.72. The first-order chi connectivity index (χ1) is 9.37. The lowest BCUT2D eigenvalue weighted by molar-refractivity contribution is -0.0838. The number of likely N-dealkylation sites (tertiary alicyclic amines) is 1. The van der Waals surface area contributed by atoms with Crippen LogP contribution < -0.4 is 5.32 Å². The van der Waals surface area contributed by atoms with Crippen molar-refractivity contribution in [2.45, 2.75) is 83.1 Å². The molecule has 116 valence electrons. The second kappa shape index (κ2) is 5.26. The van der Waals surface area contributed by atoms with Gasteiger partial charge in [0.25, 0.3) is 0 Å². The van der Waals surface area contributed by atoms with Crippen LogP contribution >= 0.6 is 0 Å². The van der Waals surface area contributed by atoms with Crippen LogP contribution in [0.2, 0.25) is 0 Å². The Balaban J connectivity index is 1.67. The van der Waals surface area contributed by atoms with Crippen LogP contribution in [-0.4, -0.2) is 47.8 Å². The zero-order chi connectivity index (χ0) is 14.4. The molecule has 0 aliphatic carbocycles. The van der Waals surface area contributed by atoms with Crippen molar-refractivity contribution in [2.75, 3.05) is 19.6 Å². The molecule has 1 N–H and O–H groups in total. The molecule has 3 rings (SSSR count).